The molecule has 0 radical (unpaired) electrons. The number of carbonyl (C=O) groups is 1. The lowest BCUT2D eigenvalue weighted by Crippen LogP contribution is -2.32. The van der Waals surface area contributed by atoms with Crippen molar-refractivity contribution in [1.82, 2.24) is 0 Å². The van der Waals surface area contributed by atoms with Crippen molar-refractivity contribution in [3.05, 3.63) is 63.3 Å². The molecule has 0 bridgehead atoms. The molecule has 212 valence electrons. The van der Waals surface area contributed by atoms with E-state index in [-0.39, 0.29) is 5.78 Å². The van der Waals surface area contributed by atoms with Gasteiger partial charge in [0.05, 0.1) is 29.7 Å². The fraction of sp³-hybridized carbons (Fsp3) is 0.469. The fourth-order valence-corrected chi connectivity index (χ4v) is 6.15. The largest absolute Gasteiger partial charge is 0.491 e. The van der Waals surface area contributed by atoms with Crippen molar-refractivity contribution in [3.8, 4) is 23.3 Å². The number of nitrogens with zero attached hydrogens (tertiary/aromatic N) is 2. The van der Waals surface area contributed by atoms with Gasteiger partial charge in [-0.1, -0.05) is 25.5 Å². The molecular weight excluding hydrogens is 572 g/mol. The third kappa shape index (κ3) is 6.76. The second-order valence-electron chi connectivity index (χ2n) is 10.2. The van der Waals surface area contributed by atoms with Gasteiger partial charge in [-0.3, -0.25) is 9.79 Å². The molecule has 0 fully saturated rings. The number of methoxy groups -OCH3 is 1. The zero-order valence-corrected chi connectivity index (χ0v) is 25.3. The summed E-state index contributed by atoms with van der Waals surface area (Å²) >= 11 is 3.70. The van der Waals surface area contributed by atoms with Crippen molar-refractivity contribution < 1.29 is 23.7 Å². The van der Waals surface area contributed by atoms with Gasteiger partial charge in [0.2, 0.25) is 0 Å². The van der Waals surface area contributed by atoms with Crippen LogP contribution in [0.15, 0.2) is 57.1 Å². The Kier molecular flexibility index (Phi) is 10.4. The topological polar surface area (TPSA) is 90.1 Å². The van der Waals surface area contributed by atoms with E-state index in [9.17, 15) is 10.1 Å². The first-order valence-electron chi connectivity index (χ1n) is 13.9. The number of carbonyl (C=O) groups excluding carboxylic acids is 1. The predicted molar refractivity (Wildman–Crippen MR) is 158 cm³/mol. The van der Waals surface area contributed by atoms with Gasteiger partial charge in [0.25, 0.3) is 0 Å². The van der Waals surface area contributed by atoms with Gasteiger partial charge in [0.1, 0.15) is 19.0 Å². The molecule has 2 aromatic carbocycles. The Morgan fingerprint density at radius 3 is 2.65 bits per heavy atom. The zero-order chi connectivity index (χ0) is 28.6. The normalized spacial score (nSPS) is 20.4. The van der Waals surface area contributed by atoms with Gasteiger partial charge in [-0.25, -0.2) is 0 Å². The molecule has 1 heterocycles. The van der Waals surface area contributed by atoms with E-state index >= 15 is 0 Å². The van der Waals surface area contributed by atoms with Crippen LogP contribution in [0.1, 0.15) is 63.5 Å². The van der Waals surface area contributed by atoms with E-state index in [1.54, 1.807) is 7.11 Å². The molecule has 3 unspecified atom stereocenters. The van der Waals surface area contributed by atoms with Gasteiger partial charge in [-0.05, 0) is 83.9 Å². The Morgan fingerprint density at radius 2 is 1.93 bits per heavy atom. The molecule has 0 saturated carbocycles. The average molecular weight is 610 g/mol. The van der Waals surface area contributed by atoms with E-state index in [4.69, 9.17) is 23.9 Å². The highest BCUT2D eigenvalue weighted by Gasteiger charge is 2.41. The first kappa shape index (κ1) is 29.8. The number of hydrogen-bond donors (Lipinski definition) is 0. The van der Waals surface area contributed by atoms with Crippen molar-refractivity contribution in [2.75, 3.05) is 26.9 Å². The second-order valence-corrected chi connectivity index (χ2v) is 11.1. The van der Waals surface area contributed by atoms with Crippen LogP contribution >= 0.6 is 15.9 Å². The molecule has 2 aromatic rings. The molecule has 1 aliphatic heterocycles. The molecule has 4 rings (SSSR count). The molecule has 3 atom stereocenters. The number of hydrogen-bond acceptors (Lipinski definition) is 7. The number of Topliss-reactive ketones (excluding diaryl/α,β-unsaturated/α-hetero) is 1. The Bertz CT molecular complexity index is 1330. The summed E-state index contributed by atoms with van der Waals surface area (Å²) in [5.41, 5.74) is 4.05. The highest BCUT2D eigenvalue weighted by atomic mass is 79.9. The smallest absolute Gasteiger partial charge is 0.175 e. The number of ketones is 1. The first-order chi connectivity index (χ1) is 19.4. The monoisotopic (exact) mass is 608 g/mol. The molecule has 40 heavy (non-hydrogen) atoms. The highest BCUT2D eigenvalue weighted by Crippen LogP contribution is 2.48. The van der Waals surface area contributed by atoms with Gasteiger partial charge < -0.3 is 18.9 Å². The minimum atomic E-state index is -0.528. The standard InChI is InChI=1S/C32H37BrN2O5/c1-5-8-21-14-27-31(28(36)15-21)30(25(18-34)20(3)35-27)23-16-26(33)32(29(17-23)38-6-2)40-19-22-9-7-10-24(13-22)39-12-11-37-4/h7,9-10,13,16-17,21,25,30H,5-6,8,11-12,14-15,19H2,1-4H3. The highest BCUT2D eigenvalue weighted by molar-refractivity contribution is 9.10. The van der Waals surface area contributed by atoms with Gasteiger partial charge >= 0.3 is 0 Å². The molecule has 8 heteroatoms. The number of benzene rings is 2. The van der Waals surface area contributed by atoms with E-state index in [2.05, 4.69) is 28.9 Å². The minimum Gasteiger partial charge on any atom is -0.491 e. The van der Waals surface area contributed by atoms with Crippen LogP contribution in [-0.2, 0) is 16.1 Å². The van der Waals surface area contributed by atoms with Crippen LogP contribution in [0.3, 0.4) is 0 Å². The number of nitriles is 1. The van der Waals surface area contributed by atoms with E-state index in [1.807, 2.05) is 50.2 Å². The van der Waals surface area contributed by atoms with Gasteiger partial charge in [-0.15, -0.1) is 0 Å². The van der Waals surface area contributed by atoms with Crippen molar-refractivity contribution in [3.63, 3.8) is 0 Å². The molecule has 0 amide bonds. The first-order valence-corrected chi connectivity index (χ1v) is 14.7. The number of halogens is 1. The van der Waals surface area contributed by atoms with Crippen molar-refractivity contribution in [2.24, 2.45) is 16.8 Å². The van der Waals surface area contributed by atoms with E-state index in [0.717, 1.165) is 47.5 Å². The van der Waals surface area contributed by atoms with Crippen LogP contribution in [-0.4, -0.2) is 38.4 Å². The molecule has 7 nitrogen and oxygen atoms in total. The Labute approximate surface area is 245 Å². The summed E-state index contributed by atoms with van der Waals surface area (Å²) in [5.74, 6) is 1.35. The van der Waals surface area contributed by atoms with Crippen LogP contribution in [0.2, 0.25) is 0 Å². The lowest BCUT2D eigenvalue weighted by Gasteiger charge is -2.35. The SMILES string of the molecule is CCCC1CC(=O)C2=C(C1)N=C(C)C(C#N)C2c1cc(Br)c(OCc2cccc(OCCOC)c2)c(OCC)c1. The molecule has 2 aliphatic rings. The third-order valence-corrected chi connectivity index (χ3v) is 7.93. The van der Waals surface area contributed by atoms with Crippen molar-refractivity contribution in [2.45, 2.75) is 59.0 Å². The van der Waals surface area contributed by atoms with Crippen molar-refractivity contribution >= 4 is 27.4 Å². The number of aliphatic imine (C=N–C) groups is 1. The summed E-state index contributed by atoms with van der Waals surface area (Å²) in [6.45, 7) is 7.68. The predicted octanol–water partition coefficient (Wildman–Crippen LogP) is 7.18. The number of ether oxygens (including phenoxy) is 4. The number of rotatable bonds is 12. The van der Waals surface area contributed by atoms with Crippen molar-refractivity contribution in [1.29, 1.82) is 5.26 Å². The van der Waals surface area contributed by atoms with Crippen LogP contribution in [0, 0.1) is 23.2 Å². The maximum atomic E-state index is 13.5. The maximum Gasteiger partial charge on any atom is 0.175 e. The quantitative estimate of drug-likeness (QED) is 0.237. The van der Waals surface area contributed by atoms with Crippen LogP contribution in [0.5, 0.6) is 17.2 Å². The summed E-state index contributed by atoms with van der Waals surface area (Å²) in [4.78, 5) is 18.3. The molecule has 0 saturated heterocycles. The Morgan fingerprint density at radius 1 is 1.10 bits per heavy atom. The molecule has 0 N–H and O–H groups in total. The Hall–Kier alpha value is -3.15. The maximum absolute atomic E-state index is 13.5. The summed E-state index contributed by atoms with van der Waals surface area (Å²) in [5, 5.41) is 10.2. The average Bonchev–Trinajstić information content (AvgIpc) is 2.92. The van der Waals surface area contributed by atoms with E-state index in [1.165, 1.54) is 0 Å². The minimum absolute atomic E-state index is 0.100. The van der Waals surface area contributed by atoms with Gasteiger partial charge in [0, 0.05) is 36.4 Å². The molecule has 1 aliphatic carbocycles. The lowest BCUT2D eigenvalue weighted by molar-refractivity contribution is -0.117. The third-order valence-electron chi connectivity index (χ3n) is 7.34. The summed E-state index contributed by atoms with van der Waals surface area (Å²) in [6, 6.07) is 14.0. The summed E-state index contributed by atoms with van der Waals surface area (Å²) in [7, 11) is 1.64. The van der Waals surface area contributed by atoms with E-state index in [0.29, 0.717) is 60.3 Å². The lowest BCUT2D eigenvalue weighted by atomic mass is 9.70. The van der Waals surface area contributed by atoms with Gasteiger partial charge in [0.15, 0.2) is 17.3 Å². The molecular formula is C32H37BrN2O5. The van der Waals surface area contributed by atoms with E-state index < -0.39 is 11.8 Å². The fourth-order valence-electron chi connectivity index (χ4n) is 5.57. The Balaban J connectivity index is 1.65. The van der Waals surface area contributed by atoms with Crippen LogP contribution in [0.4, 0.5) is 0 Å². The molecule has 0 aromatic heterocycles. The number of allylic oxidation sites excluding steroid dienone is 2. The van der Waals surface area contributed by atoms with Crippen LogP contribution < -0.4 is 14.2 Å². The van der Waals surface area contributed by atoms with Gasteiger partial charge in [-0.2, -0.15) is 5.26 Å². The summed E-state index contributed by atoms with van der Waals surface area (Å²) < 4.78 is 23.8. The molecule has 0 spiro atoms. The zero-order valence-electron chi connectivity index (χ0n) is 23.7. The second kappa shape index (κ2) is 14.0. The van der Waals surface area contributed by atoms with Crippen LogP contribution in [0.25, 0.3) is 0 Å². The summed E-state index contributed by atoms with van der Waals surface area (Å²) in [6.07, 6.45) is 3.31.